The Kier molecular flexibility index (Phi) is 6.61. The number of ether oxygens (including phenoxy) is 1. The quantitative estimate of drug-likeness (QED) is 0.801. The summed E-state index contributed by atoms with van der Waals surface area (Å²) in [6.45, 7) is 4.51. The van der Waals surface area contributed by atoms with Gasteiger partial charge in [0.05, 0.1) is 7.11 Å². The molecule has 0 unspecified atom stereocenters. The second-order valence-corrected chi connectivity index (χ2v) is 6.68. The molecular formula is C21H27N3O2. The van der Waals surface area contributed by atoms with Crippen molar-refractivity contribution in [3.63, 3.8) is 0 Å². The van der Waals surface area contributed by atoms with Gasteiger partial charge in [-0.1, -0.05) is 18.2 Å². The number of aryl methyl sites for hydroxylation is 1. The maximum Gasteiger partial charge on any atom is 0.222 e. The number of hydrogen-bond donors (Lipinski definition) is 0. The van der Waals surface area contributed by atoms with Gasteiger partial charge in [0.1, 0.15) is 5.75 Å². The Morgan fingerprint density at radius 1 is 1.08 bits per heavy atom. The molecule has 0 bridgehead atoms. The highest BCUT2D eigenvalue weighted by atomic mass is 16.5. The minimum atomic E-state index is 0.238. The predicted octanol–water partition coefficient (Wildman–Crippen LogP) is 2.76. The van der Waals surface area contributed by atoms with Crippen LogP contribution in [0.3, 0.4) is 0 Å². The monoisotopic (exact) mass is 353 g/mol. The number of nitrogens with zero attached hydrogens (tertiary/aromatic N) is 3. The van der Waals surface area contributed by atoms with Gasteiger partial charge in [0, 0.05) is 51.5 Å². The first kappa shape index (κ1) is 18.4. The summed E-state index contributed by atoms with van der Waals surface area (Å²) in [5.74, 6) is 1.10. The summed E-state index contributed by atoms with van der Waals surface area (Å²) in [6, 6.07) is 12.0. The van der Waals surface area contributed by atoms with E-state index in [2.05, 4.69) is 22.0 Å². The van der Waals surface area contributed by atoms with Gasteiger partial charge in [-0.2, -0.15) is 0 Å². The number of benzene rings is 1. The molecule has 0 radical (unpaired) electrons. The van der Waals surface area contributed by atoms with E-state index in [1.807, 2.05) is 41.6 Å². The third kappa shape index (κ3) is 5.05. The van der Waals surface area contributed by atoms with Crippen LogP contribution in [0.2, 0.25) is 0 Å². The van der Waals surface area contributed by atoms with Crippen molar-refractivity contribution < 1.29 is 9.53 Å². The van der Waals surface area contributed by atoms with Crippen LogP contribution in [0.15, 0.2) is 48.8 Å². The van der Waals surface area contributed by atoms with Crippen LogP contribution in [-0.2, 0) is 17.8 Å². The number of carbonyl (C=O) groups is 1. The topological polar surface area (TPSA) is 45.7 Å². The zero-order valence-corrected chi connectivity index (χ0v) is 15.4. The second kappa shape index (κ2) is 9.34. The number of aromatic nitrogens is 1. The molecule has 1 aliphatic heterocycles. The molecule has 1 aromatic carbocycles. The van der Waals surface area contributed by atoms with E-state index in [0.717, 1.165) is 56.9 Å². The van der Waals surface area contributed by atoms with Crippen LogP contribution in [0.4, 0.5) is 0 Å². The average molecular weight is 353 g/mol. The van der Waals surface area contributed by atoms with Gasteiger partial charge in [0.15, 0.2) is 0 Å². The molecule has 1 fully saturated rings. The van der Waals surface area contributed by atoms with Crippen molar-refractivity contribution in [1.29, 1.82) is 0 Å². The van der Waals surface area contributed by atoms with E-state index in [-0.39, 0.29) is 5.91 Å². The van der Waals surface area contributed by atoms with Gasteiger partial charge >= 0.3 is 0 Å². The summed E-state index contributed by atoms with van der Waals surface area (Å²) in [4.78, 5) is 21.2. The molecule has 26 heavy (non-hydrogen) atoms. The van der Waals surface area contributed by atoms with Gasteiger partial charge < -0.3 is 9.64 Å². The Morgan fingerprint density at radius 3 is 2.69 bits per heavy atom. The lowest BCUT2D eigenvalue weighted by atomic mass is 10.1. The molecule has 0 aliphatic carbocycles. The normalized spacial score (nSPS) is 15.5. The average Bonchev–Trinajstić information content (AvgIpc) is 2.93. The van der Waals surface area contributed by atoms with E-state index in [1.165, 1.54) is 5.56 Å². The second-order valence-electron chi connectivity index (χ2n) is 6.68. The van der Waals surface area contributed by atoms with Crippen LogP contribution < -0.4 is 4.74 Å². The highest BCUT2D eigenvalue weighted by molar-refractivity contribution is 5.76. The van der Waals surface area contributed by atoms with Crippen LogP contribution in [-0.4, -0.2) is 54.0 Å². The fourth-order valence-electron chi connectivity index (χ4n) is 3.43. The van der Waals surface area contributed by atoms with Crippen LogP contribution in [0.1, 0.15) is 24.0 Å². The van der Waals surface area contributed by atoms with Crippen molar-refractivity contribution in [2.75, 3.05) is 33.3 Å². The third-order valence-electron chi connectivity index (χ3n) is 4.90. The number of rotatable bonds is 6. The first-order valence-electron chi connectivity index (χ1n) is 9.27. The first-order chi connectivity index (χ1) is 12.8. The van der Waals surface area contributed by atoms with Gasteiger partial charge in [-0.3, -0.25) is 14.7 Å². The van der Waals surface area contributed by atoms with E-state index in [0.29, 0.717) is 6.42 Å². The highest BCUT2D eigenvalue weighted by Gasteiger charge is 2.19. The standard InChI is InChI=1S/C21H27N3O2/c1-26-20-6-3-2-5-19(20)7-8-21(25)24-14-4-13-23(15-16-24)17-18-9-11-22-12-10-18/h2-3,5-6,9-12H,4,7-8,13-17H2,1H3. The van der Waals surface area contributed by atoms with Crippen LogP contribution >= 0.6 is 0 Å². The zero-order valence-electron chi connectivity index (χ0n) is 15.4. The first-order valence-corrected chi connectivity index (χ1v) is 9.27. The van der Waals surface area contributed by atoms with Gasteiger partial charge in [0.25, 0.3) is 0 Å². The molecule has 2 aromatic rings. The van der Waals surface area contributed by atoms with Gasteiger partial charge in [-0.15, -0.1) is 0 Å². The molecular weight excluding hydrogens is 326 g/mol. The largest absolute Gasteiger partial charge is 0.496 e. The molecule has 3 rings (SSSR count). The molecule has 1 amide bonds. The molecule has 5 heteroatoms. The number of carbonyl (C=O) groups excluding carboxylic acids is 1. The van der Waals surface area contributed by atoms with Crippen LogP contribution in [0, 0.1) is 0 Å². The molecule has 2 heterocycles. The molecule has 0 spiro atoms. The summed E-state index contributed by atoms with van der Waals surface area (Å²) in [7, 11) is 1.67. The third-order valence-corrected chi connectivity index (χ3v) is 4.90. The van der Waals surface area contributed by atoms with E-state index < -0.39 is 0 Å². The predicted molar refractivity (Wildman–Crippen MR) is 102 cm³/mol. The maximum absolute atomic E-state index is 12.6. The van der Waals surface area contributed by atoms with Gasteiger partial charge in [-0.05, 0) is 42.2 Å². The lowest BCUT2D eigenvalue weighted by Crippen LogP contribution is -2.35. The number of hydrogen-bond acceptors (Lipinski definition) is 4. The fraction of sp³-hybridized carbons (Fsp3) is 0.429. The molecule has 0 atom stereocenters. The van der Waals surface area contributed by atoms with Crippen molar-refractivity contribution in [3.05, 3.63) is 59.9 Å². The molecule has 1 aliphatic rings. The highest BCUT2D eigenvalue weighted by Crippen LogP contribution is 2.19. The molecule has 1 aromatic heterocycles. The maximum atomic E-state index is 12.6. The minimum Gasteiger partial charge on any atom is -0.496 e. The molecule has 1 saturated heterocycles. The van der Waals surface area contributed by atoms with Gasteiger partial charge in [-0.25, -0.2) is 0 Å². The Balaban J connectivity index is 1.49. The summed E-state index contributed by atoms with van der Waals surface area (Å²) in [6.07, 6.45) is 5.94. The summed E-state index contributed by atoms with van der Waals surface area (Å²) in [5.41, 5.74) is 2.37. The van der Waals surface area contributed by atoms with Crippen molar-refractivity contribution in [3.8, 4) is 5.75 Å². The van der Waals surface area contributed by atoms with E-state index >= 15 is 0 Å². The lowest BCUT2D eigenvalue weighted by Gasteiger charge is -2.22. The SMILES string of the molecule is COc1ccccc1CCC(=O)N1CCCN(Cc2ccncc2)CC1. The van der Waals surface area contributed by atoms with Crippen molar-refractivity contribution in [2.24, 2.45) is 0 Å². The van der Waals surface area contributed by atoms with Crippen molar-refractivity contribution in [2.45, 2.75) is 25.8 Å². The summed E-state index contributed by atoms with van der Waals surface area (Å²) in [5, 5.41) is 0. The fourth-order valence-corrected chi connectivity index (χ4v) is 3.43. The van der Waals surface area contributed by atoms with Crippen molar-refractivity contribution >= 4 is 5.91 Å². The smallest absolute Gasteiger partial charge is 0.222 e. The molecule has 5 nitrogen and oxygen atoms in total. The van der Waals surface area contributed by atoms with Crippen LogP contribution in [0.25, 0.3) is 0 Å². The molecule has 0 saturated carbocycles. The number of pyridine rings is 1. The Hall–Kier alpha value is -2.40. The van der Waals surface area contributed by atoms with E-state index in [4.69, 9.17) is 4.74 Å². The van der Waals surface area contributed by atoms with Gasteiger partial charge in [0.2, 0.25) is 5.91 Å². The number of para-hydroxylation sites is 1. The zero-order chi connectivity index (χ0) is 18.2. The van der Waals surface area contributed by atoms with Crippen molar-refractivity contribution in [1.82, 2.24) is 14.8 Å². The van der Waals surface area contributed by atoms with E-state index in [9.17, 15) is 4.79 Å². The lowest BCUT2D eigenvalue weighted by molar-refractivity contribution is -0.131. The number of amides is 1. The molecule has 0 N–H and O–H groups in total. The van der Waals surface area contributed by atoms with E-state index in [1.54, 1.807) is 7.11 Å². The number of methoxy groups -OCH3 is 1. The molecule has 138 valence electrons. The van der Waals surface area contributed by atoms with Crippen LogP contribution in [0.5, 0.6) is 5.75 Å². The Bertz CT molecular complexity index is 705. The Labute approximate surface area is 155 Å². The summed E-state index contributed by atoms with van der Waals surface area (Å²) < 4.78 is 5.38. The minimum absolute atomic E-state index is 0.238. The summed E-state index contributed by atoms with van der Waals surface area (Å²) >= 11 is 0. The Morgan fingerprint density at radius 2 is 1.88 bits per heavy atom.